The summed E-state index contributed by atoms with van der Waals surface area (Å²) in [6.45, 7) is 0.745. The number of rotatable bonds is 6. The molecule has 3 aromatic heterocycles. The Morgan fingerprint density at radius 2 is 1.27 bits per heavy atom. The molecule has 0 unspecified atom stereocenters. The highest BCUT2D eigenvalue weighted by Crippen LogP contribution is 2.04. The van der Waals surface area contributed by atoms with Crippen LogP contribution in [0.1, 0.15) is 32.0 Å². The molecule has 0 spiro atoms. The number of nitrogens with one attached hydrogen (secondary N) is 2. The smallest absolute Gasteiger partial charge is 0.270 e. The summed E-state index contributed by atoms with van der Waals surface area (Å²) in [7, 11) is 0. The van der Waals surface area contributed by atoms with E-state index in [1.807, 2.05) is 24.3 Å². The van der Waals surface area contributed by atoms with E-state index in [9.17, 15) is 9.59 Å². The largest absolute Gasteiger partial charge is 0.348 e. The molecule has 0 aliphatic heterocycles. The molecule has 3 aromatic rings. The molecule has 0 fully saturated rings. The SMILES string of the molecule is O=C(NCc1ccncc1)c1ccnc(C(=O)NCc2ccncc2)c1. The van der Waals surface area contributed by atoms with E-state index in [4.69, 9.17) is 0 Å². The third-order valence-electron chi connectivity index (χ3n) is 3.66. The Kier molecular flexibility index (Phi) is 5.61. The van der Waals surface area contributed by atoms with Gasteiger partial charge in [0.15, 0.2) is 0 Å². The fourth-order valence-electron chi connectivity index (χ4n) is 2.25. The fraction of sp³-hybridized carbons (Fsp3) is 0.105. The Balaban J connectivity index is 1.60. The first kappa shape index (κ1) is 17.2. The van der Waals surface area contributed by atoms with Crippen LogP contribution in [0.4, 0.5) is 0 Å². The van der Waals surface area contributed by atoms with Crippen molar-refractivity contribution >= 4 is 11.8 Å². The third-order valence-corrected chi connectivity index (χ3v) is 3.66. The first-order chi connectivity index (χ1) is 12.7. The summed E-state index contributed by atoms with van der Waals surface area (Å²) in [6.07, 6.45) is 8.10. The van der Waals surface area contributed by atoms with Crippen molar-refractivity contribution < 1.29 is 9.59 Å². The van der Waals surface area contributed by atoms with Crippen molar-refractivity contribution in [1.82, 2.24) is 25.6 Å². The highest BCUT2D eigenvalue weighted by Gasteiger charge is 2.11. The fourth-order valence-corrected chi connectivity index (χ4v) is 2.25. The lowest BCUT2D eigenvalue weighted by Gasteiger charge is -2.07. The maximum atomic E-state index is 12.3. The molecule has 0 saturated carbocycles. The molecule has 0 aliphatic rings. The zero-order chi connectivity index (χ0) is 18.2. The topological polar surface area (TPSA) is 96.9 Å². The van der Waals surface area contributed by atoms with Gasteiger partial charge in [-0.15, -0.1) is 0 Å². The molecular weight excluding hydrogens is 330 g/mol. The van der Waals surface area contributed by atoms with Gasteiger partial charge >= 0.3 is 0 Å². The maximum absolute atomic E-state index is 12.3. The lowest BCUT2D eigenvalue weighted by molar-refractivity contribution is 0.0946. The van der Waals surface area contributed by atoms with Crippen molar-refractivity contribution in [3.05, 3.63) is 89.8 Å². The van der Waals surface area contributed by atoms with Crippen LogP contribution in [0.3, 0.4) is 0 Å². The predicted octanol–water partition coefficient (Wildman–Crippen LogP) is 1.73. The summed E-state index contributed by atoms with van der Waals surface area (Å²) in [6, 6.07) is 10.3. The summed E-state index contributed by atoms with van der Waals surface area (Å²) in [4.78, 5) is 36.4. The van der Waals surface area contributed by atoms with Crippen LogP contribution in [0.2, 0.25) is 0 Å². The van der Waals surface area contributed by atoms with Gasteiger partial charge in [0, 0.05) is 49.6 Å². The number of pyridine rings is 3. The number of amides is 2. The molecule has 130 valence electrons. The second-order valence-electron chi connectivity index (χ2n) is 5.51. The van der Waals surface area contributed by atoms with E-state index >= 15 is 0 Å². The van der Waals surface area contributed by atoms with Crippen LogP contribution < -0.4 is 10.6 Å². The van der Waals surface area contributed by atoms with E-state index in [1.54, 1.807) is 30.9 Å². The van der Waals surface area contributed by atoms with E-state index in [0.717, 1.165) is 11.1 Å². The van der Waals surface area contributed by atoms with E-state index in [2.05, 4.69) is 25.6 Å². The number of nitrogens with zero attached hydrogens (tertiary/aromatic N) is 3. The number of hydrogen-bond donors (Lipinski definition) is 2. The summed E-state index contributed by atoms with van der Waals surface area (Å²) >= 11 is 0. The minimum atomic E-state index is -0.342. The normalized spacial score (nSPS) is 10.2. The van der Waals surface area contributed by atoms with E-state index in [1.165, 1.54) is 12.3 Å². The van der Waals surface area contributed by atoms with Crippen molar-refractivity contribution in [3.63, 3.8) is 0 Å². The summed E-state index contributed by atoms with van der Waals surface area (Å²) in [5.74, 6) is -0.613. The van der Waals surface area contributed by atoms with Gasteiger partial charge in [-0.1, -0.05) is 0 Å². The van der Waals surface area contributed by atoms with Gasteiger partial charge in [0.1, 0.15) is 5.69 Å². The van der Waals surface area contributed by atoms with Gasteiger partial charge in [-0.25, -0.2) is 0 Å². The van der Waals surface area contributed by atoms with Crippen molar-refractivity contribution in [3.8, 4) is 0 Å². The highest BCUT2D eigenvalue weighted by molar-refractivity contribution is 5.98. The number of aromatic nitrogens is 3. The van der Waals surface area contributed by atoms with Gasteiger partial charge in [0.2, 0.25) is 0 Å². The first-order valence-corrected chi connectivity index (χ1v) is 8.02. The highest BCUT2D eigenvalue weighted by atomic mass is 16.2. The van der Waals surface area contributed by atoms with Crippen molar-refractivity contribution in [2.45, 2.75) is 13.1 Å². The second kappa shape index (κ2) is 8.48. The maximum Gasteiger partial charge on any atom is 0.270 e. The van der Waals surface area contributed by atoms with Gasteiger partial charge in [0.25, 0.3) is 11.8 Å². The Morgan fingerprint density at radius 3 is 1.85 bits per heavy atom. The third kappa shape index (κ3) is 4.70. The first-order valence-electron chi connectivity index (χ1n) is 8.02. The number of hydrogen-bond acceptors (Lipinski definition) is 5. The molecule has 0 radical (unpaired) electrons. The van der Waals surface area contributed by atoms with Crippen molar-refractivity contribution in [1.29, 1.82) is 0 Å². The molecule has 2 N–H and O–H groups in total. The van der Waals surface area contributed by atoms with Crippen LogP contribution in [0.5, 0.6) is 0 Å². The molecule has 0 bridgehead atoms. The van der Waals surface area contributed by atoms with E-state index in [-0.39, 0.29) is 17.5 Å². The van der Waals surface area contributed by atoms with Gasteiger partial charge in [-0.2, -0.15) is 0 Å². The van der Waals surface area contributed by atoms with Crippen LogP contribution in [0, 0.1) is 0 Å². The monoisotopic (exact) mass is 347 g/mol. The van der Waals surface area contributed by atoms with Crippen LogP contribution in [0.15, 0.2) is 67.4 Å². The van der Waals surface area contributed by atoms with E-state index in [0.29, 0.717) is 18.7 Å². The number of carbonyl (C=O) groups excluding carboxylic acids is 2. The average Bonchev–Trinajstić information content (AvgIpc) is 2.72. The summed E-state index contributed by atoms with van der Waals surface area (Å²) in [5.41, 5.74) is 2.44. The average molecular weight is 347 g/mol. The summed E-state index contributed by atoms with van der Waals surface area (Å²) < 4.78 is 0. The molecular formula is C19H17N5O2. The lowest BCUT2D eigenvalue weighted by atomic mass is 10.2. The van der Waals surface area contributed by atoms with Crippen molar-refractivity contribution in [2.75, 3.05) is 0 Å². The molecule has 2 amide bonds. The Bertz CT molecular complexity index is 814. The molecule has 0 aromatic carbocycles. The second-order valence-corrected chi connectivity index (χ2v) is 5.51. The van der Waals surface area contributed by atoms with Gasteiger partial charge < -0.3 is 10.6 Å². The minimum Gasteiger partial charge on any atom is -0.348 e. The molecule has 0 aliphatic carbocycles. The van der Waals surface area contributed by atoms with Crippen LogP contribution in [0.25, 0.3) is 0 Å². The number of carbonyl (C=O) groups is 2. The molecule has 3 rings (SSSR count). The summed E-state index contributed by atoms with van der Waals surface area (Å²) in [5, 5.41) is 5.58. The van der Waals surface area contributed by atoms with Gasteiger partial charge in [0.05, 0.1) is 0 Å². The zero-order valence-corrected chi connectivity index (χ0v) is 13.9. The van der Waals surface area contributed by atoms with E-state index < -0.39 is 0 Å². The van der Waals surface area contributed by atoms with Crippen LogP contribution >= 0.6 is 0 Å². The molecule has 7 nitrogen and oxygen atoms in total. The molecule has 26 heavy (non-hydrogen) atoms. The Hall–Kier alpha value is -3.61. The minimum absolute atomic E-state index is 0.190. The molecule has 0 atom stereocenters. The van der Waals surface area contributed by atoms with Crippen LogP contribution in [-0.4, -0.2) is 26.8 Å². The van der Waals surface area contributed by atoms with Crippen molar-refractivity contribution in [2.24, 2.45) is 0 Å². The quantitative estimate of drug-likeness (QED) is 0.708. The predicted molar refractivity (Wildman–Crippen MR) is 95.1 cm³/mol. The lowest BCUT2D eigenvalue weighted by Crippen LogP contribution is -2.26. The molecule has 0 saturated heterocycles. The van der Waals surface area contributed by atoms with Crippen LogP contribution in [-0.2, 0) is 13.1 Å². The Labute approximate surface area is 150 Å². The Morgan fingerprint density at radius 1 is 0.731 bits per heavy atom. The zero-order valence-electron chi connectivity index (χ0n) is 13.9. The molecule has 7 heteroatoms. The van der Waals surface area contributed by atoms with Gasteiger partial charge in [-0.05, 0) is 47.5 Å². The standard InChI is InChI=1S/C19H17N5O2/c25-18(23-12-14-1-6-20-7-2-14)16-5-10-22-17(11-16)19(26)24-13-15-3-8-21-9-4-15/h1-11H,12-13H2,(H,23,25)(H,24,26). The molecule has 3 heterocycles. The van der Waals surface area contributed by atoms with Gasteiger partial charge in [-0.3, -0.25) is 24.5 Å².